The molecule has 28 heavy (non-hydrogen) atoms. The number of amides is 1. The Bertz CT molecular complexity index is 808. The Balaban J connectivity index is 1.53. The average Bonchev–Trinajstić information content (AvgIpc) is 3.22. The molecule has 3 rings (SSSR count). The van der Waals surface area contributed by atoms with Gasteiger partial charge in [0.15, 0.2) is 6.10 Å². The van der Waals surface area contributed by atoms with Crippen molar-refractivity contribution in [3.63, 3.8) is 0 Å². The van der Waals surface area contributed by atoms with Crippen molar-refractivity contribution in [1.82, 2.24) is 9.21 Å². The van der Waals surface area contributed by atoms with Crippen LogP contribution >= 0.6 is 0 Å². The highest BCUT2D eigenvalue weighted by molar-refractivity contribution is 7.89. The van der Waals surface area contributed by atoms with Crippen molar-refractivity contribution in [3.05, 3.63) is 29.8 Å². The summed E-state index contributed by atoms with van der Waals surface area (Å²) in [6.45, 7) is 5.49. The summed E-state index contributed by atoms with van der Waals surface area (Å²) < 4.78 is 32.3. The number of hydrogen-bond acceptors (Lipinski definition) is 5. The number of esters is 1. The number of benzene rings is 1. The van der Waals surface area contributed by atoms with Gasteiger partial charge >= 0.3 is 5.97 Å². The highest BCUT2D eigenvalue weighted by Crippen LogP contribution is 2.25. The maximum Gasteiger partial charge on any atom is 0.309 e. The molecule has 0 radical (unpaired) electrons. The predicted molar refractivity (Wildman–Crippen MR) is 104 cm³/mol. The molecule has 1 amide bonds. The monoisotopic (exact) mass is 408 g/mol. The van der Waals surface area contributed by atoms with Crippen LogP contribution in [0, 0.1) is 12.8 Å². The van der Waals surface area contributed by atoms with Crippen LogP contribution in [0.1, 0.15) is 38.2 Å². The third-order valence-corrected chi connectivity index (χ3v) is 7.42. The molecule has 1 atom stereocenters. The minimum absolute atomic E-state index is 0.148. The van der Waals surface area contributed by atoms with Crippen molar-refractivity contribution in [2.75, 3.05) is 26.2 Å². The largest absolute Gasteiger partial charge is 0.452 e. The van der Waals surface area contributed by atoms with Crippen molar-refractivity contribution in [2.24, 2.45) is 5.92 Å². The Morgan fingerprint density at radius 1 is 1.04 bits per heavy atom. The second kappa shape index (κ2) is 8.61. The summed E-state index contributed by atoms with van der Waals surface area (Å²) >= 11 is 0. The Labute approximate surface area is 166 Å². The number of nitrogens with zero attached hydrogens (tertiary/aromatic N) is 2. The summed E-state index contributed by atoms with van der Waals surface area (Å²) in [5.74, 6) is -0.934. The molecule has 1 aromatic carbocycles. The van der Waals surface area contributed by atoms with Gasteiger partial charge in [0.1, 0.15) is 0 Å². The number of carbonyl (C=O) groups is 2. The molecular weight excluding hydrogens is 380 g/mol. The first-order valence-electron chi connectivity index (χ1n) is 9.85. The highest BCUT2D eigenvalue weighted by Gasteiger charge is 2.34. The van der Waals surface area contributed by atoms with Crippen LogP contribution in [0.15, 0.2) is 29.2 Å². The number of aryl methyl sites for hydroxylation is 1. The van der Waals surface area contributed by atoms with Crippen LogP contribution < -0.4 is 0 Å². The van der Waals surface area contributed by atoms with Gasteiger partial charge in [0.05, 0.1) is 10.8 Å². The van der Waals surface area contributed by atoms with Gasteiger partial charge < -0.3 is 9.64 Å². The predicted octanol–water partition coefficient (Wildman–Crippen LogP) is 1.95. The Hall–Kier alpha value is -1.93. The molecule has 7 nitrogen and oxygen atoms in total. The standard InChI is InChI=1S/C20H28N2O5S/c1-15-5-7-18(8-6-15)28(25,26)22-13-9-17(10-14-22)20(24)27-16(2)19(23)21-11-3-4-12-21/h5-8,16-17H,3-4,9-14H2,1-2H3/t16-/m0/s1. The fraction of sp³-hybridized carbons (Fsp3) is 0.600. The van der Waals surface area contributed by atoms with Gasteiger partial charge in [-0.1, -0.05) is 17.7 Å². The van der Waals surface area contributed by atoms with E-state index in [1.54, 1.807) is 36.1 Å². The summed E-state index contributed by atoms with van der Waals surface area (Å²) in [5, 5.41) is 0. The zero-order chi connectivity index (χ0) is 20.3. The zero-order valence-corrected chi connectivity index (χ0v) is 17.3. The maximum absolute atomic E-state index is 12.7. The molecule has 0 bridgehead atoms. The molecule has 0 aliphatic carbocycles. The fourth-order valence-electron chi connectivity index (χ4n) is 3.71. The molecule has 0 saturated carbocycles. The number of piperidine rings is 1. The van der Waals surface area contributed by atoms with Crippen LogP contribution in [0.25, 0.3) is 0 Å². The van der Waals surface area contributed by atoms with Gasteiger partial charge in [0, 0.05) is 26.2 Å². The van der Waals surface area contributed by atoms with E-state index in [0.717, 1.165) is 31.5 Å². The number of hydrogen-bond donors (Lipinski definition) is 0. The lowest BCUT2D eigenvalue weighted by atomic mass is 9.98. The first-order chi connectivity index (χ1) is 13.3. The molecule has 8 heteroatoms. The fourth-order valence-corrected chi connectivity index (χ4v) is 5.18. The number of rotatable bonds is 5. The second-order valence-corrected chi connectivity index (χ2v) is 9.54. The smallest absolute Gasteiger partial charge is 0.309 e. The number of likely N-dealkylation sites (tertiary alicyclic amines) is 1. The molecule has 2 saturated heterocycles. The molecule has 1 aromatic rings. The SMILES string of the molecule is Cc1ccc(S(=O)(=O)N2CCC(C(=O)O[C@@H](C)C(=O)N3CCCC3)CC2)cc1. The minimum atomic E-state index is -3.56. The van der Waals surface area contributed by atoms with E-state index in [2.05, 4.69) is 0 Å². The molecule has 154 valence electrons. The van der Waals surface area contributed by atoms with Crippen LogP contribution in [0.5, 0.6) is 0 Å². The summed E-state index contributed by atoms with van der Waals surface area (Å²) in [5.41, 5.74) is 0.998. The molecule has 2 fully saturated rings. The van der Waals surface area contributed by atoms with Crippen LogP contribution in [0.3, 0.4) is 0 Å². The van der Waals surface area contributed by atoms with Crippen molar-refractivity contribution in [3.8, 4) is 0 Å². The number of ether oxygens (including phenoxy) is 1. The van der Waals surface area contributed by atoms with Crippen molar-refractivity contribution in [2.45, 2.75) is 50.5 Å². The summed E-state index contributed by atoms with van der Waals surface area (Å²) in [4.78, 5) is 26.7. The third kappa shape index (κ3) is 4.55. The minimum Gasteiger partial charge on any atom is -0.452 e. The van der Waals surface area contributed by atoms with Crippen molar-refractivity contribution in [1.29, 1.82) is 0 Å². The third-order valence-electron chi connectivity index (χ3n) is 5.50. The lowest BCUT2D eigenvalue weighted by molar-refractivity contribution is -0.163. The van der Waals surface area contributed by atoms with Crippen LogP contribution in [-0.2, 0) is 24.3 Å². The Morgan fingerprint density at radius 3 is 2.18 bits per heavy atom. The van der Waals surface area contributed by atoms with E-state index in [4.69, 9.17) is 4.74 Å². The lowest BCUT2D eigenvalue weighted by Gasteiger charge is -2.31. The summed E-state index contributed by atoms with van der Waals surface area (Å²) in [7, 11) is -3.56. The van der Waals surface area contributed by atoms with E-state index in [9.17, 15) is 18.0 Å². The van der Waals surface area contributed by atoms with E-state index < -0.39 is 22.1 Å². The van der Waals surface area contributed by atoms with Gasteiger partial charge in [0.25, 0.3) is 5.91 Å². The van der Waals surface area contributed by atoms with E-state index in [0.29, 0.717) is 12.8 Å². The number of carbonyl (C=O) groups excluding carboxylic acids is 2. The molecule has 2 heterocycles. The quantitative estimate of drug-likeness (QED) is 0.696. The molecular formula is C20H28N2O5S. The van der Waals surface area contributed by atoms with Gasteiger partial charge in [-0.15, -0.1) is 0 Å². The first kappa shape index (κ1) is 20.8. The normalized spacial score (nSPS) is 20.1. The molecule has 0 N–H and O–H groups in total. The molecule has 0 aromatic heterocycles. The first-order valence-corrected chi connectivity index (χ1v) is 11.3. The summed E-state index contributed by atoms with van der Waals surface area (Å²) in [6, 6.07) is 6.76. The van der Waals surface area contributed by atoms with Gasteiger partial charge in [-0.05, 0) is 51.7 Å². The molecule has 2 aliphatic heterocycles. The van der Waals surface area contributed by atoms with E-state index in [1.807, 2.05) is 6.92 Å². The molecule has 0 unspecified atom stereocenters. The van der Waals surface area contributed by atoms with E-state index in [-0.39, 0.29) is 29.8 Å². The summed E-state index contributed by atoms with van der Waals surface area (Å²) in [6.07, 6.45) is 1.98. The van der Waals surface area contributed by atoms with Crippen molar-refractivity contribution < 1.29 is 22.7 Å². The topological polar surface area (TPSA) is 84.0 Å². The zero-order valence-electron chi connectivity index (χ0n) is 16.5. The van der Waals surface area contributed by atoms with Crippen LogP contribution in [0.4, 0.5) is 0 Å². The molecule has 0 spiro atoms. The van der Waals surface area contributed by atoms with E-state index in [1.165, 1.54) is 4.31 Å². The number of sulfonamides is 1. The Morgan fingerprint density at radius 2 is 1.61 bits per heavy atom. The van der Waals surface area contributed by atoms with Gasteiger partial charge in [-0.2, -0.15) is 4.31 Å². The average molecular weight is 409 g/mol. The maximum atomic E-state index is 12.7. The van der Waals surface area contributed by atoms with Gasteiger partial charge in [0.2, 0.25) is 10.0 Å². The van der Waals surface area contributed by atoms with Crippen molar-refractivity contribution >= 4 is 21.9 Å². The van der Waals surface area contributed by atoms with Gasteiger partial charge in [-0.25, -0.2) is 8.42 Å². The Kier molecular flexibility index (Phi) is 6.40. The van der Waals surface area contributed by atoms with Gasteiger partial charge in [-0.3, -0.25) is 9.59 Å². The molecule has 2 aliphatic rings. The highest BCUT2D eigenvalue weighted by atomic mass is 32.2. The second-order valence-electron chi connectivity index (χ2n) is 7.60. The van der Waals surface area contributed by atoms with Crippen LogP contribution in [-0.4, -0.2) is 61.8 Å². The van der Waals surface area contributed by atoms with E-state index >= 15 is 0 Å². The van der Waals surface area contributed by atoms with Crippen LogP contribution in [0.2, 0.25) is 0 Å². The lowest BCUT2D eigenvalue weighted by Crippen LogP contribution is -2.43.